The van der Waals surface area contributed by atoms with Gasteiger partial charge in [0.15, 0.2) is 0 Å². The van der Waals surface area contributed by atoms with Crippen molar-refractivity contribution in [1.29, 1.82) is 0 Å². The maximum atomic E-state index is 10.4. The average molecular weight is 201 g/mol. The first-order valence-electron chi connectivity index (χ1n) is 3.27. The van der Waals surface area contributed by atoms with Crippen LogP contribution in [0.15, 0.2) is 18.6 Å². The van der Waals surface area contributed by atoms with E-state index in [1.165, 1.54) is 18.6 Å². The molecule has 2 aromatic rings. The van der Waals surface area contributed by atoms with Gasteiger partial charge < -0.3 is 14.9 Å². The van der Waals surface area contributed by atoms with Crippen LogP contribution in [0.2, 0.25) is 0 Å². The van der Waals surface area contributed by atoms with Crippen LogP contribution in [0, 0.1) is 0 Å². The van der Waals surface area contributed by atoms with Crippen LogP contribution in [0.5, 0.6) is 0 Å². The number of fused-ring (bicyclic) bond motifs is 1. The summed E-state index contributed by atoms with van der Waals surface area (Å²) in [7, 11) is 0. The summed E-state index contributed by atoms with van der Waals surface area (Å²) in [6.07, 6.45) is 2.87. The van der Waals surface area contributed by atoms with Gasteiger partial charge in [-0.15, -0.1) is 0 Å². The first-order chi connectivity index (χ1) is 5.77. The maximum absolute atomic E-state index is 10.4. The van der Waals surface area contributed by atoms with E-state index in [4.69, 9.17) is 0 Å². The molecule has 0 aliphatic heterocycles. The Labute approximate surface area is 116 Å². The second kappa shape index (κ2) is 4.29. The maximum Gasteiger partial charge on any atom is 0.116 e. The van der Waals surface area contributed by atoms with E-state index in [2.05, 4.69) is 15.0 Å². The quantitative estimate of drug-likeness (QED) is 0.596. The first kappa shape index (κ1) is 10.8. The second-order valence-corrected chi connectivity index (χ2v) is 2.29. The van der Waals surface area contributed by atoms with Crippen molar-refractivity contribution in [2.75, 3.05) is 0 Å². The van der Waals surface area contributed by atoms with Gasteiger partial charge in [0.05, 0.1) is 28.9 Å². The van der Waals surface area contributed by atoms with Gasteiger partial charge in [0.25, 0.3) is 0 Å². The molecule has 2 rings (SSSR count). The van der Waals surface area contributed by atoms with Crippen LogP contribution in [0.4, 0.5) is 0 Å². The number of nitrogens with one attached hydrogen (secondary N) is 1. The summed E-state index contributed by atoms with van der Waals surface area (Å²) >= 11 is 0. The Bertz CT molecular complexity index is 407. The fourth-order valence-corrected chi connectivity index (χ4v) is 0.978. The predicted octanol–water partition coefficient (Wildman–Crippen LogP) is -1.06. The van der Waals surface area contributed by atoms with Gasteiger partial charge in [0, 0.05) is 51.4 Å². The van der Waals surface area contributed by atoms with Gasteiger partial charge in [-0.3, -0.25) is 0 Å². The molecule has 6 heteroatoms. The summed E-state index contributed by atoms with van der Waals surface area (Å²) < 4.78 is 0. The van der Waals surface area contributed by atoms with Crippen LogP contribution in [-0.2, 0) is 0 Å². The third-order valence-corrected chi connectivity index (χ3v) is 1.51. The van der Waals surface area contributed by atoms with Crippen molar-refractivity contribution >= 4 is 68.4 Å². The zero-order valence-corrected chi connectivity index (χ0v) is 10.1. The van der Waals surface area contributed by atoms with E-state index < -0.39 is 5.97 Å². The van der Waals surface area contributed by atoms with E-state index >= 15 is 0 Å². The monoisotopic (exact) mass is 201 g/mol. The Hall–Kier alpha value is -0.274. The van der Waals surface area contributed by atoms with Crippen molar-refractivity contribution in [2.45, 2.75) is 0 Å². The number of rotatable bonds is 1. The fourth-order valence-electron chi connectivity index (χ4n) is 0.978. The molecule has 5 nitrogen and oxygen atoms in total. The standard InChI is InChI=1S/C7H5N3O2.K/c11-7(12)5-1-4-6(10-5)2-8-3-9-4;/h1-3,10H,(H,11,12);/p-1. The number of aromatic amines is 1. The molecule has 2 heterocycles. The Balaban J connectivity index is 0.000000845. The van der Waals surface area contributed by atoms with Gasteiger partial charge in [-0.1, -0.05) is 0 Å². The second-order valence-electron chi connectivity index (χ2n) is 2.29. The van der Waals surface area contributed by atoms with Crippen LogP contribution in [0.25, 0.3) is 11.0 Å². The van der Waals surface area contributed by atoms with Crippen molar-refractivity contribution in [3.05, 3.63) is 24.3 Å². The molecule has 0 amide bonds. The van der Waals surface area contributed by atoms with Gasteiger partial charge >= 0.3 is 0 Å². The van der Waals surface area contributed by atoms with Crippen molar-refractivity contribution < 1.29 is 9.90 Å². The molecular formula is C7H4KN3O2-. The molecule has 0 spiro atoms. The number of hydrogen-bond donors (Lipinski definition) is 1. The average Bonchev–Trinajstić information content (AvgIpc) is 2.46. The molecule has 13 heavy (non-hydrogen) atoms. The summed E-state index contributed by atoms with van der Waals surface area (Å²) in [4.78, 5) is 20.6. The van der Waals surface area contributed by atoms with E-state index in [1.54, 1.807) is 0 Å². The molecule has 0 saturated carbocycles. The number of carbonyl (C=O) groups excluding carboxylic acids is 1. The van der Waals surface area contributed by atoms with Gasteiger partial charge in [0.1, 0.15) is 6.33 Å². The number of carboxylic acid groups (broad SMARTS) is 1. The van der Waals surface area contributed by atoms with Crippen LogP contribution in [-0.4, -0.2) is 72.3 Å². The van der Waals surface area contributed by atoms with Gasteiger partial charge in [-0.2, -0.15) is 0 Å². The van der Waals surface area contributed by atoms with E-state index in [0.717, 1.165) is 0 Å². The fraction of sp³-hybridized carbons (Fsp3) is 0. The Morgan fingerprint density at radius 1 is 1.54 bits per heavy atom. The number of nitrogens with zero attached hydrogens (tertiary/aromatic N) is 2. The summed E-state index contributed by atoms with van der Waals surface area (Å²) in [6, 6.07) is 1.41. The van der Waals surface area contributed by atoms with E-state index in [0.29, 0.717) is 11.0 Å². The predicted molar refractivity (Wildman–Crippen MR) is 44.0 cm³/mol. The van der Waals surface area contributed by atoms with Gasteiger partial charge in [-0.25, -0.2) is 9.97 Å². The number of aromatic nitrogens is 3. The van der Waals surface area contributed by atoms with Crippen molar-refractivity contribution in [2.24, 2.45) is 0 Å². The van der Waals surface area contributed by atoms with Crippen molar-refractivity contribution in [3.63, 3.8) is 0 Å². The largest absolute Gasteiger partial charge is 0.543 e. The zero-order valence-electron chi connectivity index (χ0n) is 6.94. The van der Waals surface area contributed by atoms with E-state index in [1.807, 2.05) is 0 Å². The van der Waals surface area contributed by atoms with Gasteiger partial charge in [-0.05, 0) is 6.07 Å². The van der Waals surface area contributed by atoms with Crippen LogP contribution in [0.3, 0.4) is 0 Å². The molecule has 0 aliphatic carbocycles. The topological polar surface area (TPSA) is 81.7 Å². The molecule has 0 atom stereocenters. The third-order valence-electron chi connectivity index (χ3n) is 1.51. The minimum Gasteiger partial charge on any atom is -0.543 e. The first-order valence-corrected chi connectivity index (χ1v) is 3.27. The molecular weight excluding hydrogens is 197 g/mol. The van der Waals surface area contributed by atoms with E-state index in [9.17, 15) is 9.90 Å². The summed E-state index contributed by atoms with van der Waals surface area (Å²) in [5.41, 5.74) is 1.19. The minimum atomic E-state index is -1.24. The number of hydrogen-bond acceptors (Lipinski definition) is 4. The Morgan fingerprint density at radius 2 is 2.31 bits per heavy atom. The van der Waals surface area contributed by atoms with Crippen LogP contribution in [0.1, 0.15) is 10.5 Å². The number of H-pyrrole nitrogens is 1. The van der Waals surface area contributed by atoms with Crippen LogP contribution >= 0.6 is 0 Å². The van der Waals surface area contributed by atoms with Crippen molar-refractivity contribution in [3.8, 4) is 0 Å². The molecule has 0 fully saturated rings. The smallest absolute Gasteiger partial charge is 0.116 e. The van der Waals surface area contributed by atoms with Crippen molar-refractivity contribution in [1.82, 2.24) is 15.0 Å². The minimum absolute atomic E-state index is 0. The third kappa shape index (κ3) is 2.15. The number of carboxylic acids is 1. The molecule has 0 saturated heterocycles. The summed E-state index contributed by atoms with van der Waals surface area (Å²) in [5, 5.41) is 10.4. The summed E-state index contributed by atoms with van der Waals surface area (Å²) in [6.45, 7) is 0. The normalized spacial score (nSPS) is 9.54. The van der Waals surface area contributed by atoms with Gasteiger partial charge in [0.2, 0.25) is 0 Å². The Kier molecular flexibility index (Phi) is 3.57. The van der Waals surface area contributed by atoms with Crippen LogP contribution < -0.4 is 5.11 Å². The summed E-state index contributed by atoms with van der Waals surface area (Å²) in [5.74, 6) is -1.24. The molecule has 0 bridgehead atoms. The molecule has 0 unspecified atom stereocenters. The molecule has 2 aromatic heterocycles. The molecule has 61 valence electrons. The molecule has 1 radical (unpaired) electrons. The molecule has 1 N–H and O–H groups in total. The Morgan fingerprint density at radius 3 is 2.92 bits per heavy atom. The number of carbonyl (C=O) groups is 1. The number of aromatic carboxylic acids is 1. The molecule has 0 aliphatic rings. The SMILES string of the molecule is O=C([O-])c1cc2ncncc2[nH]1.[K]. The van der Waals surface area contributed by atoms with E-state index in [-0.39, 0.29) is 57.1 Å². The molecule has 0 aromatic carbocycles. The zero-order chi connectivity index (χ0) is 8.55.